The molecule has 0 unspecified atom stereocenters. The van der Waals surface area contributed by atoms with Crippen LogP contribution in [0.25, 0.3) is 0 Å². The minimum absolute atomic E-state index is 0. The Hall–Kier alpha value is -6.83. The number of hydrogen-bond donors (Lipinski definition) is 5. The van der Waals surface area contributed by atoms with E-state index in [-0.39, 0.29) is 35.2 Å². The second-order valence-corrected chi connectivity index (χ2v) is 18.3. The summed E-state index contributed by atoms with van der Waals surface area (Å²) >= 11 is 10.4. The first-order valence-electron chi connectivity index (χ1n) is 22.6. The van der Waals surface area contributed by atoms with Gasteiger partial charge in [0.1, 0.15) is 34.5 Å². The van der Waals surface area contributed by atoms with Gasteiger partial charge in [0.2, 0.25) is 0 Å². The fraction of sp³-hybridized carbons (Fsp3) is 0.293. The first-order valence-corrected chi connectivity index (χ1v) is 23.4. The second kappa shape index (κ2) is 30.8. The quantitative estimate of drug-likeness (QED) is 0.0447. The van der Waals surface area contributed by atoms with Gasteiger partial charge in [-0.2, -0.15) is 0 Å². The molecule has 0 aliphatic rings. The first kappa shape index (κ1) is 63.2. The molecule has 0 saturated carbocycles. The van der Waals surface area contributed by atoms with Crippen LogP contribution in [-0.4, -0.2) is 54.5 Å². The Bertz CT molecular complexity index is 2430. The topological polar surface area (TPSA) is 179 Å². The molecule has 0 heterocycles. The third kappa shape index (κ3) is 21.3. The van der Waals surface area contributed by atoms with E-state index in [0.717, 1.165) is 40.1 Å². The summed E-state index contributed by atoms with van der Waals surface area (Å²) in [7, 11) is 3.40. The number of rotatable bonds is 12. The number of aromatic hydroxyl groups is 2. The molecule has 0 radical (unpaired) electrons. The number of hydrogen-bond acceptors (Lipinski definition) is 11. The molecule has 12 nitrogen and oxygen atoms in total. The van der Waals surface area contributed by atoms with Crippen molar-refractivity contribution < 1.29 is 43.5 Å². The SMILES string of the molecule is C.C=C(C)C.CC(C)(c1ccc(O)cc1)c1ccc(O)cc1.CC(C)(c1ccc(OC(=O)Cl)cc1)c1ccc(OC(=O)Cl)cc1.CCN.CNCNC(=O)Oc1ccc(C(C)(C)c2ccc(OC)cc2)cc1. The van der Waals surface area contributed by atoms with Gasteiger partial charge in [-0.3, -0.25) is 0 Å². The Balaban J connectivity index is 0.000000508. The molecule has 0 bridgehead atoms. The molecule has 0 aliphatic carbocycles. The maximum Gasteiger partial charge on any atom is 0.413 e. The summed E-state index contributed by atoms with van der Waals surface area (Å²) in [6.07, 6.45) is -0.480. The number of carbonyl (C=O) groups excluding carboxylic acids is 3. The van der Waals surface area contributed by atoms with Crippen molar-refractivity contribution in [1.82, 2.24) is 10.6 Å². The van der Waals surface area contributed by atoms with E-state index in [4.69, 9.17) is 47.9 Å². The first-order chi connectivity index (χ1) is 33.4. The number of amides is 1. The van der Waals surface area contributed by atoms with E-state index in [1.165, 1.54) is 11.1 Å². The van der Waals surface area contributed by atoms with Gasteiger partial charge < -0.3 is 45.5 Å². The van der Waals surface area contributed by atoms with Crippen molar-refractivity contribution in [2.45, 2.75) is 86.0 Å². The van der Waals surface area contributed by atoms with Gasteiger partial charge in [-0.25, -0.2) is 14.4 Å². The standard InChI is InChI=1S/C19H24N2O3.C17H14Cl2O4.C15H16O2.C4H8.C2H7N.CH4/c1-19(2,14-5-9-16(23-4)10-6-14)15-7-11-17(12-8-15)24-18(22)21-13-20-3;1-17(2,11-3-7-13(8-4-11)22-15(18)20)12-5-9-14(10-6-12)23-16(19)21;1-15(2,11-3-7-13(16)8-4-11)12-5-9-14(17)10-6-12;1-4(2)3;1-2-3;/h5-12,20H,13H2,1-4H3,(H,21,22);3-10H,1-2H3;3-10,16-17H,1-2H3;1H2,2-3H3;2-3H2,1H3;1H4. The smallest absolute Gasteiger partial charge is 0.413 e. The van der Waals surface area contributed by atoms with Crippen LogP contribution in [-0.2, 0) is 16.2 Å². The van der Waals surface area contributed by atoms with Gasteiger partial charge in [0.05, 0.1) is 13.8 Å². The van der Waals surface area contributed by atoms with Crippen LogP contribution in [0.4, 0.5) is 14.4 Å². The number of allylic oxidation sites excluding steroid dienone is 1. The monoisotopic (exact) mass is 1030 g/mol. The lowest BCUT2D eigenvalue weighted by Gasteiger charge is -2.26. The Morgan fingerprint density at radius 3 is 0.972 bits per heavy atom. The van der Waals surface area contributed by atoms with E-state index in [9.17, 15) is 24.6 Å². The van der Waals surface area contributed by atoms with Crippen LogP contribution in [0, 0.1) is 0 Å². The summed E-state index contributed by atoms with van der Waals surface area (Å²) < 4.78 is 20.0. The van der Waals surface area contributed by atoms with E-state index in [2.05, 4.69) is 70.9 Å². The molecule has 0 aromatic heterocycles. The number of halogens is 2. The van der Waals surface area contributed by atoms with Crippen LogP contribution in [0.2, 0.25) is 0 Å². The molecule has 6 rings (SSSR count). The van der Waals surface area contributed by atoms with Crippen LogP contribution in [0.3, 0.4) is 0 Å². The van der Waals surface area contributed by atoms with E-state index < -0.39 is 17.0 Å². The van der Waals surface area contributed by atoms with E-state index >= 15 is 0 Å². The molecule has 14 heteroatoms. The lowest BCUT2D eigenvalue weighted by molar-refractivity contribution is 0.200. The normalized spacial score (nSPS) is 10.5. The highest BCUT2D eigenvalue weighted by atomic mass is 35.5. The summed E-state index contributed by atoms with van der Waals surface area (Å²) in [6.45, 7) is 23.2. The summed E-state index contributed by atoms with van der Waals surface area (Å²) in [5.74, 6) is 2.66. The molecule has 0 fully saturated rings. The maximum atomic E-state index is 11.5. The lowest BCUT2D eigenvalue weighted by atomic mass is 9.78. The molecule has 0 atom stereocenters. The van der Waals surface area contributed by atoms with E-state index in [1.54, 1.807) is 74.8 Å². The van der Waals surface area contributed by atoms with Crippen LogP contribution >= 0.6 is 23.2 Å². The summed E-state index contributed by atoms with van der Waals surface area (Å²) in [5, 5.41) is 24.0. The van der Waals surface area contributed by atoms with Crippen molar-refractivity contribution >= 4 is 40.2 Å². The number of methoxy groups -OCH3 is 1. The Morgan fingerprint density at radius 2 is 0.750 bits per heavy atom. The average Bonchev–Trinajstić information content (AvgIpc) is 3.32. The molecule has 6 aromatic carbocycles. The minimum atomic E-state index is -0.874. The number of nitrogens with one attached hydrogen (secondary N) is 2. The minimum Gasteiger partial charge on any atom is -0.508 e. The molecule has 72 heavy (non-hydrogen) atoms. The Kier molecular flexibility index (Phi) is 27.0. The third-order valence-electron chi connectivity index (χ3n) is 10.7. The predicted molar refractivity (Wildman–Crippen MR) is 294 cm³/mol. The molecule has 388 valence electrons. The second-order valence-electron chi connectivity index (χ2n) is 17.7. The van der Waals surface area contributed by atoms with Gasteiger partial charge in [0.15, 0.2) is 0 Å². The zero-order valence-electron chi connectivity index (χ0n) is 42.6. The van der Waals surface area contributed by atoms with Crippen LogP contribution in [0.5, 0.6) is 34.5 Å². The highest BCUT2D eigenvalue weighted by Crippen LogP contribution is 2.36. The number of benzene rings is 6. The average molecular weight is 1030 g/mol. The van der Waals surface area contributed by atoms with Gasteiger partial charge in [0, 0.05) is 39.4 Å². The third-order valence-corrected chi connectivity index (χ3v) is 10.9. The summed E-state index contributed by atoms with van der Waals surface area (Å²) in [6, 6.07) is 44.2. The summed E-state index contributed by atoms with van der Waals surface area (Å²) in [4.78, 5) is 33.0. The van der Waals surface area contributed by atoms with Crippen molar-refractivity contribution in [2.24, 2.45) is 5.73 Å². The molecular formula is C58H73Cl2N3O9. The molecule has 0 spiro atoms. The predicted octanol–water partition coefficient (Wildman–Crippen LogP) is 14.4. The number of ether oxygens (including phenoxy) is 4. The molecular weight excluding hydrogens is 954 g/mol. The van der Waals surface area contributed by atoms with Crippen LogP contribution < -0.4 is 35.3 Å². The molecule has 0 aliphatic heterocycles. The van der Waals surface area contributed by atoms with Crippen molar-refractivity contribution in [3.8, 4) is 34.5 Å². The summed E-state index contributed by atoms with van der Waals surface area (Å²) in [5.41, 5.74) is 10.3. The van der Waals surface area contributed by atoms with Gasteiger partial charge in [-0.05, 0) is 134 Å². The number of phenols is 2. The lowest BCUT2D eigenvalue weighted by Crippen LogP contribution is -2.33. The number of phenolic OH excluding ortho intramolecular Hbond substituents is 2. The van der Waals surface area contributed by atoms with Crippen molar-refractivity contribution in [3.63, 3.8) is 0 Å². The van der Waals surface area contributed by atoms with Crippen molar-refractivity contribution in [3.05, 3.63) is 191 Å². The van der Waals surface area contributed by atoms with Crippen LogP contribution in [0.15, 0.2) is 158 Å². The molecule has 6 aromatic rings. The fourth-order valence-electron chi connectivity index (χ4n) is 6.57. The molecule has 1 amide bonds. The highest BCUT2D eigenvalue weighted by molar-refractivity contribution is 6.61. The Morgan fingerprint density at radius 1 is 0.528 bits per heavy atom. The van der Waals surface area contributed by atoms with Gasteiger partial charge in [-0.15, -0.1) is 6.58 Å². The van der Waals surface area contributed by atoms with Crippen molar-refractivity contribution in [2.75, 3.05) is 27.4 Å². The Labute approximate surface area is 437 Å². The maximum absolute atomic E-state index is 11.5. The van der Waals surface area contributed by atoms with E-state index in [0.29, 0.717) is 23.9 Å². The van der Waals surface area contributed by atoms with Gasteiger partial charge >= 0.3 is 17.0 Å². The fourth-order valence-corrected chi connectivity index (χ4v) is 6.75. The van der Waals surface area contributed by atoms with E-state index in [1.807, 2.05) is 93.6 Å². The molecule has 0 saturated heterocycles. The van der Waals surface area contributed by atoms with Crippen LogP contribution in [0.1, 0.15) is 103 Å². The van der Waals surface area contributed by atoms with Gasteiger partial charge in [0.25, 0.3) is 0 Å². The largest absolute Gasteiger partial charge is 0.508 e. The zero-order valence-corrected chi connectivity index (χ0v) is 44.1. The van der Waals surface area contributed by atoms with Gasteiger partial charge in [-0.1, -0.05) is 134 Å². The number of carbonyl (C=O) groups is 3. The molecule has 6 N–H and O–H groups in total. The highest BCUT2D eigenvalue weighted by Gasteiger charge is 2.25. The van der Waals surface area contributed by atoms with Crippen molar-refractivity contribution in [1.29, 1.82) is 0 Å². The zero-order chi connectivity index (χ0) is 53.4. The number of nitrogens with two attached hydrogens (primary N) is 1.